The first-order valence-corrected chi connectivity index (χ1v) is 12.9. The van der Waals surface area contributed by atoms with E-state index in [4.69, 9.17) is 9.47 Å². The minimum atomic E-state index is -0.675. The molecule has 2 heterocycles. The summed E-state index contributed by atoms with van der Waals surface area (Å²) in [6.07, 6.45) is 0.849. The SMILES string of the molecule is CNC(=O)CC(NC(=O)c1ccc(OC)c(OC)c1)c1cccc(C(=O)Nc2nc3c(s2)CN(C)CC3)c1. The van der Waals surface area contributed by atoms with E-state index in [0.717, 1.165) is 30.1 Å². The first-order chi connectivity index (χ1) is 18.3. The molecule has 0 aliphatic carbocycles. The van der Waals surface area contributed by atoms with Crippen LogP contribution in [0.3, 0.4) is 0 Å². The van der Waals surface area contributed by atoms with Crippen LogP contribution in [0, 0.1) is 0 Å². The zero-order valence-corrected chi connectivity index (χ0v) is 22.6. The van der Waals surface area contributed by atoms with Crippen molar-refractivity contribution in [3.8, 4) is 11.5 Å². The van der Waals surface area contributed by atoms with Crippen molar-refractivity contribution in [3.05, 3.63) is 69.7 Å². The number of ether oxygens (including phenoxy) is 2. The van der Waals surface area contributed by atoms with Crippen molar-refractivity contribution >= 4 is 34.2 Å². The van der Waals surface area contributed by atoms with Crippen molar-refractivity contribution in [3.63, 3.8) is 0 Å². The number of amides is 3. The number of nitrogens with one attached hydrogen (secondary N) is 3. The van der Waals surface area contributed by atoms with Crippen molar-refractivity contribution in [2.45, 2.75) is 25.4 Å². The number of carbonyl (C=O) groups is 3. The van der Waals surface area contributed by atoms with Crippen molar-refractivity contribution in [2.75, 3.05) is 40.2 Å². The molecular weight excluding hydrogens is 506 g/mol. The van der Waals surface area contributed by atoms with E-state index in [1.807, 2.05) is 0 Å². The van der Waals surface area contributed by atoms with Crippen LogP contribution in [-0.2, 0) is 17.8 Å². The van der Waals surface area contributed by atoms with Crippen LogP contribution in [0.2, 0.25) is 0 Å². The van der Waals surface area contributed by atoms with Gasteiger partial charge in [-0.3, -0.25) is 19.7 Å². The fraction of sp³-hybridized carbons (Fsp3) is 0.333. The van der Waals surface area contributed by atoms with Crippen LogP contribution < -0.4 is 25.4 Å². The molecule has 0 radical (unpaired) electrons. The summed E-state index contributed by atoms with van der Waals surface area (Å²) in [6.45, 7) is 1.76. The van der Waals surface area contributed by atoms with Crippen molar-refractivity contribution < 1.29 is 23.9 Å². The van der Waals surface area contributed by atoms with Crippen molar-refractivity contribution in [1.29, 1.82) is 0 Å². The maximum Gasteiger partial charge on any atom is 0.257 e. The molecule has 0 fully saturated rings. The molecular formula is C27H31N5O5S. The Balaban J connectivity index is 1.53. The van der Waals surface area contributed by atoms with Crippen LogP contribution in [0.5, 0.6) is 11.5 Å². The van der Waals surface area contributed by atoms with Crippen molar-refractivity contribution in [2.24, 2.45) is 0 Å². The monoisotopic (exact) mass is 537 g/mol. The van der Waals surface area contributed by atoms with Crippen LogP contribution in [-0.4, -0.2) is 62.5 Å². The number of rotatable bonds is 9. The third kappa shape index (κ3) is 6.29. The summed E-state index contributed by atoms with van der Waals surface area (Å²) in [6, 6.07) is 11.0. The normalized spacial score (nSPS) is 13.7. The summed E-state index contributed by atoms with van der Waals surface area (Å²) in [5.74, 6) is -0.0463. The first-order valence-electron chi connectivity index (χ1n) is 12.1. The number of thiazole rings is 1. The van der Waals surface area contributed by atoms with E-state index in [9.17, 15) is 14.4 Å². The molecule has 3 aromatic rings. The van der Waals surface area contributed by atoms with E-state index in [1.54, 1.807) is 42.5 Å². The van der Waals surface area contributed by atoms with E-state index < -0.39 is 11.9 Å². The number of anilines is 1. The molecule has 1 atom stereocenters. The number of methoxy groups -OCH3 is 2. The molecule has 1 aliphatic heterocycles. The molecule has 1 aliphatic rings. The Kier molecular flexibility index (Phi) is 8.59. The Morgan fingerprint density at radius 2 is 1.82 bits per heavy atom. The lowest BCUT2D eigenvalue weighted by Crippen LogP contribution is -2.33. The van der Waals surface area contributed by atoms with Gasteiger partial charge in [-0.15, -0.1) is 11.3 Å². The minimum Gasteiger partial charge on any atom is -0.493 e. The van der Waals surface area contributed by atoms with Gasteiger partial charge in [0.05, 0.1) is 32.4 Å². The summed E-state index contributed by atoms with van der Waals surface area (Å²) in [4.78, 5) is 46.4. The molecule has 4 rings (SSSR count). The second kappa shape index (κ2) is 12.1. The highest BCUT2D eigenvalue weighted by molar-refractivity contribution is 7.15. The lowest BCUT2D eigenvalue weighted by Gasteiger charge is -2.20. The maximum atomic E-state index is 13.1. The summed E-state index contributed by atoms with van der Waals surface area (Å²) < 4.78 is 10.5. The molecule has 0 saturated carbocycles. The highest BCUT2D eigenvalue weighted by Gasteiger charge is 2.22. The van der Waals surface area contributed by atoms with Gasteiger partial charge < -0.3 is 25.0 Å². The number of carbonyl (C=O) groups excluding carboxylic acids is 3. The van der Waals surface area contributed by atoms with E-state index in [0.29, 0.717) is 33.3 Å². The summed E-state index contributed by atoms with van der Waals surface area (Å²) in [7, 11) is 6.60. The van der Waals surface area contributed by atoms with Crippen LogP contribution in [0.15, 0.2) is 42.5 Å². The molecule has 2 aromatic carbocycles. The van der Waals surface area contributed by atoms with E-state index in [1.165, 1.54) is 32.6 Å². The molecule has 1 unspecified atom stereocenters. The molecule has 3 N–H and O–H groups in total. The van der Waals surface area contributed by atoms with Crippen LogP contribution in [0.25, 0.3) is 0 Å². The summed E-state index contributed by atoms with van der Waals surface area (Å²) in [5.41, 5.74) is 2.39. The van der Waals surface area contributed by atoms with Gasteiger partial charge in [-0.2, -0.15) is 0 Å². The van der Waals surface area contributed by atoms with Gasteiger partial charge in [-0.05, 0) is 42.9 Å². The molecule has 11 heteroatoms. The summed E-state index contributed by atoms with van der Waals surface area (Å²) in [5, 5.41) is 8.96. The third-order valence-corrected chi connectivity index (χ3v) is 7.31. The molecule has 0 bridgehead atoms. The quantitative estimate of drug-likeness (QED) is 0.384. The topological polar surface area (TPSA) is 122 Å². The van der Waals surface area contributed by atoms with Crippen LogP contribution >= 0.6 is 11.3 Å². The third-order valence-electron chi connectivity index (χ3n) is 6.31. The molecule has 0 saturated heterocycles. The van der Waals surface area contributed by atoms with Crippen LogP contribution in [0.4, 0.5) is 5.13 Å². The number of benzene rings is 2. The van der Waals surface area contributed by atoms with Gasteiger partial charge >= 0.3 is 0 Å². The highest BCUT2D eigenvalue weighted by Crippen LogP contribution is 2.29. The van der Waals surface area contributed by atoms with Gasteiger partial charge in [0.15, 0.2) is 16.6 Å². The highest BCUT2D eigenvalue weighted by atomic mass is 32.1. The number of aromatic nitrogens is 1. The Morgan fingerprint density at radius 3 is 2.55 bits per heavy atom. The lowest BCUT2D eigenvalue weighted by atomic mass is 10.00. The largest absolute Gasteiger partial charge is 0.493 e. The molecule has 0 spiro atoms. The number of hydrogen-bond donors (Lipinski definition) is 3. The average Bonchev–Trinajstić information content (AvgIpc) is 3.33. The Morgan fingerprint density at radius 1 is 1.05 bits per heavy atom. The van der Waals surface area contributed by atoms with E-state index in [2.05, 4.69) is 32.9 Å². The molecule has 200 valence electrons. The molecule has 38 heavy (non-hydrogen) atoms. The molecule has 3 amide bonds. The minimum absolute atomic E-state index is 0.00663. The predicted octanol–water partition coefficient (Wildman–Crippen LogP) is 3.01. The number of nitrogens with zero attached hydrogens (tertiary/aromatic N) is 2. The number of likely N-dealkylation sites (N-methyl/N-ethyl adjacent to an activating group) is 1. The summed E-state index contributed by atoms with van der Waals surface area (Å²) >= 11 is 1.48. The lowest BCUT2D eigenvalue weighted by molar-refractivity contribution is -0.121. The number of fused-ring (bicyclic) bond motifs is 1. The Bertz CT molecular complexity index is 1340. The van der Waals surface area contributed by atoms with Gasteiger partial charge in [0.25, 0.3) is 11.8 Å². The van der Waals surface area contributed by atoms with Crippen molar-refractivity contribution in [1.82, 2.24) is 20.5 Å². The predicted molar refractivity (Wildman–Crippen MR) is 145 cm³/mol. The fourth-order valence-electron chi connectivity index (χ4n) is 4.20. The first kappa shape index (κ1) is 27.1. The van der Waals surface area contributed by atoms with E-state index >= 15 is 0 Å². The van der Waals surface area contributed by atoms with Gasteiger partial charge in [0.2, 0.25) is 5.91 Å². The smallest absolute Gasteiger partial charge is 0.257 e. The fourth-order valence-corrected chi connectivity index (χ4v) is 5.28. The van der Waals surface area contributed by atoms with Gasteiger partial charge in [0.1, 0.15) is 0 Å². The average molecular weight is 538 g/mol. The van der Waals surface area contributed by atoms with E-state index in [-0.39, 0.29) is 18.2 Å². The zero-order chi connectivity index (χ0) is 27.2. The molecule has 1 aromatic heterocycles. The van der Waals surface area contributed by atoms with Gasteiger partial charge in [0, 0.05) is 42.6 Å². The van der Waals surface area contributed by atoms with Crippen LogP contribution in [0.1, 0.15) is 49.3 Å². The second-order valence-corrected chi connectivity index (χ2v) is 10.0. The Labute approximate surface area is 225 Å². The van der Waals surface area contributed by atoms with Gasteiger partial charge in [-0.1, -0.05) is 12.1 Å². The standard InChI is InChI=1S/C27H31N5O5S/c1-28-24(33)14-20(29-25(34)18-8-9-21(36-3)22(13-18)37-4)16-6-5-7-17(12-16)26(35)31-27-30-19-10-11-32(2)15-23(19)38-27/h5-9,12-13,20H,10-11,14-15H2,1-4H3,(H,28,33)(H,29,34)(H,30,31,35). The second-order valence-electron chi connectivity index (χ2n) is 8.93. The Hall–Kier alpha value is -3.96. The maximum absolute atomic E-state index is 13.1. The van der Waals surface area contributed by atoms with Gasteiger partial charge in [-0.25, -0.2) is 4.98 Å². The molecule has 10 nitrogen and oxygen atoms in total. The zero-order valence-electron chi connectivity index (χ0n) is 21.8. The number of hydrogen-bond acceptors (Lipinski definition) is 8.